The highest BCUT2D eigenvalue weighted by atomic mass is 35.5. The molecule has 0 radical (unpaired) electrons. The third-order valence-corrected chi connectivity index (χ3v) is 4.94. The number of anilines is 1. The molecule has 0 fully saturated rings. The van der Waals surface area contributed by atoms with Gasteiger partial charge in [-0.15, -0.1) is 0 Å². The van der Waals surface area contributed by atoms with E-state index in [-0.39, 0.29) is 5.91 Å². The van der Waals surface area contributed by atoms with Gasteiger partial charge in [0.25, 0.3) is 5.91 Å². The number of methoxy groups -OCH3 is 3. The number of carbonyl (C=O) groups is 1. The Morgan fingerprint density at radius 3 is 2.59 bits per heavy atom. The molecule has 2 heterocycles. The number of H-pyrrole nitrogens is 1. The molecule has 0 saturated carbocycles. The van der Waals surface area contributed by atoms with E-state index in [4.69, 9.17) is 25.8 Å². The summed E-state index contributed by atoms with van der Waals surface area (Å²) < 4.78 is 16.3. The van der Waals surface area contributed by atoms with Crippen LogP contribution in [-0.2, 0) is 0 Å². The van der Waals surface area contributed by atoms with E-state index in [0.29, 0.717) is 44.7 Å². The summed E-state index contributed by atoms with van der Waals surface area (Å²) in [6.07, 6.45) is 1.66. The molecule has 148 valence electrons. The number of hydrogen-bond donors (Lipinski definition) is 2. The minimum Gasteiger partial charge on any atom is -0.493 e. The van der Waals surface area contributed by atoms with Crippen LogP contribution in [0.2, 0.25) is 5.02 Å². The van der Waals surface area contributed by atoms with E-state index in [1.165, 1.54) is 14.2 Å². The molecule has 8 heteroatoms. The van der Waals surface area contributed by atoms with Crippen molar-refractivity contribution in [2.45, 2.75) is 0 Å². The predicted octanol–water partition coefficient (Wildman–Crippen LogP) is 4.65. The molecule has 0 saturated heterocycles. The molecule has 4 rings (SSSR count). The van der Waals surface area contributed by atoms with Gasteiger partial charge in [0.2, 0.25) is 5.75 Å². The first-order valence-electron chi connectivity index (χ1n) is 8.73. The number of fused-ring (bicyclic) bond motifs is 2. The van der Waals surface area contributed by atoms with E-state index in [2.05, 4.69) is 15.3 Å². The molecule has 7 nitrogen and oxygen atoms in total. The Morgan fingerprint density at radius 2 is 1.86 bits per heavy atom. The summed E-state index contributed by atoms with van der Waals surface area (Å²) >= 11 is 6.21. The van der Waals surface area contributed by atoms with Crippen molar-refractivity contribution in [1.29, 1.82) is 0 Å². The van der Waals surface area contributed by atoms with Crippen molar-refractivity contribution in [3.05, 3.63) is 53.3 Å². The maximum Gasteiger partial charge on any atom is 0.272 e. The van der Waals surface area contributed by atoms with Gasteiger partial charge in [-0.25, -0.2) is 0 Å². The Bertz CT molecular complexity index is 1240. The topological polar surface area (TPSA) is 85.5 Å². The summed E-state index contributed by atoms with van der Waals surface area (Å²) in [5.41, 5.74) is 2.24. The number of amides is 1. The van der Waals surface area contributed by atoms with Gasteiger partial charge in [0, 0.05) is 17.0 Å². The number of halogens is 1. The fourth-order valence-electron chi connectivity index (χ4n) is 3.30. The monoisotopic (exact) mass is 411 g/mol. The molecular formula is C21H18ClN3O4. The van der Waals surface area contributed by atoms with Gasteiger partial charge in [-0.1, -0.05) is 11.6 Å². The summed E-state index contributed by atoms with van der Waals surface area (Å²) in [6, 6.07) is 10.6. The lowest BCUT2D eigenvalue weighted by molar-refractivity contribution is 0.102. The van der Waals surface area contributed by atoms with E-state index in [0.717, 1.165) is 10.8 Å². The van der Waals surface area contributed by atoms with Crippen LogP contribution in [0.3, 0.4) is 0 Å². The number of nitrogens with zero attached hydrogens (tertiary/aromatic N) is 1. The van der Waals surface area contributed by atoms with Crippen molar-refractivity contribution in [2.24, 2.45) is 0 Å². The average Bonchev–Trinajstić information content (AvgIpc) is 3.18. The first kappa shape index (κ1) is 18.9. The van der Waals surface area contributed by atoms with Gasteiger partial charge in [-0.05, 0) is 36.4 Å². The lowest BCUT2D eigenvalue weighted by atomic mass is 10.1. The van der Waals surface area contributed by atoms with Crippen LogP contribution in [0.1, 0.15) is 10.5 Å². The quantitative estimate of drug-likeness (QED) is 0.499. The van der Waals surface area contributed by atoms with E-state index < -0.39 is 0 Å². The molecule has 0 bridgehead atoms. The molecule has 2 N–H and O–H groups in total. The smallest absolute Gasteiger partial charge is 0.272 e. The van der Waals surface area contributed by atoms with Crippen molar-refractivity contribution in [1.82, 2.24) is 9.97 Å². The maximum absolute atomic E-state index is 12.9. The summed E-state index contributed by atoms with van der Waals surface area (Å²) in [4.78, 5) is 20.3. The summed E-state index contributed by atoms with van der Waals surface area (Å²) in [7, 11) is 4.61. The maximum atomic E-state index is 12.9. The number of rotatable bonds is 5. The van der Waals surface area contributed by atoms with Gasteiger partial charge in [0.05, 0.1) is 43.1 Å². The van der Waals surface area contributed by atoms with E-state index >= 15 is 0 Å². The average molecular weight is 412 g/mol. The minimum absolute atomic E-state index is 0.311. The van der Waals surface area contributed by atoms with E-state index in [1.807, 2.05) is 6.07 Å². The van der Waals surface area contributed by atoms with Gasteiger partial charge < -0.3 is 24.5 Å². The minimum atomic E-state index is -0.311. The van der Waals surface area contributed by atoms with Crippen LogP contribution < -0.4 is 19.5 Å². The lowest BCUT2D eigenvalue weighted by Crippen LogP contribution is -2.12. The molecule has 0 unspecified atom stereocenters. The van der Waals surface area contributed by atoms with Crippen LogP contribution in [0, 0.1) is 0 Å². The fourth-order valence-corrected chi connectivity index (χ4v) is 3.52. The van der Waals surface area contributed by atoms with Crippen LogP contribution in [0.15, 0.2) is 42.6 Å². The highest BCUT2D eigenvalue weighted by Gasteiger charge is 2.20. The van der Waals surface area contributed by atoms with Gasteiger partial charge in [-0.3, -0.25) is 9.78 Å². The number of hydrogen-bond acceptors (Lipinski definition) is 5. The second-order valence-electron chi connectivity index (χ2n) is 6.24. The Morgan fingerprint density at radius 1 is 1.07 bits per heavy atom. The van der Waals surface area contributed by atoms with Crippen molar-refractivity contribution in [3.8, 4) is 17.2 Å². The molecule has 29 heavy (non-hydrogen) atoms. The standard InChI is InChI=1S/C21H18ClN3O4/c1-27-16-10-11-9-15(24-17(11)20(29-3)19(16)28-2)21(26)25-14-7-6-13(22)18-12(14)5-4-8-23-18/h4-10,24H,1-3H3,(H,25,26). The summed E-state index contributed by atoms with van der Waals surface area (Å²) in [5.74, 6) is 1.11. The Kier molecular flexibility index (Phi) is 4.90. The number of nitrogens with one attached hydrogen (secondary N) is 2. The largest absolute Gasteiger partial charge is 0.493 e. The Hall–Kier alpha value is -3.45. The normalized spacial score (nSPS) is 10.9. The third-order valence-electron chi connectivity index (χ3n) is 4.63. The van der Waals surface area contributed by atoms with Crippen LogP contribution in [-0.4, -0.2) is 37.2 Å². The molecule has 4 aromatic rings. The van der Waals surface area contributed by atoms with Crippen LogP contribution in [0.25, 0.3) is 21.8 Å². The zero-order chi connectivity index (χ0) is 20.5. The number of aromatic nitrogens is 2. The molecule has 0 atom stereocenters. The van der Waals surface area contributed by atoms with Crippen LogP contribution in [0.4, 0.5) is 5.69 Å². The third kappa shape index (κ3) is 3.19. The van der Waals surface area contributed by atoms with Crippen LogP contribution in [0.5, 0.6) is 17.2 Å². The van der Waals surface area contributed by atoms with Crippen molar-refractivity contribution < 1.29 is 19.0 Å². The van der Waals surface area contributed by atoms with Crippen molar-refractivity contribution >= 4 is 45.0 Å². The first-order chi connectivity index (χ1) is 14.1. The van der Waals surface area contributed by atoms with Crippen molar-refractivity contribution in [3.63, 3.8) is 0 Å². The number of ether oxygens (including phenoxy) is 3. The second-order valence-corrected chi connectivity index (χ2v) is 6.65. The molecule has 2 aromatic carbocycles. The van der Waals surface area contributed by atoms with Gasteiger partial charge in [-0.2, -0.15) is 0 Å². The highest BCUT2D eigenvalue weighted by Crippen LogP contribution is 2.43. The molecule has 1 amide bonds. The first-order valence-corrected chi connectivity index (χ1v) is 9.11. The zero-order valence-electron chi connectivity index (χ0n) is 16.0. The van der Waals surface area contributed by atoms with E-state index in [1.54, 1.807) is 43.6 Å². The van der Waals surface area contributed by atoms with Gasteiger partial charge >= 0.3 is 0 Å². The van der Waals surface area contributed by atoms with Gasteiger partial charge in [0.15, 0.2) is 11.5 Å². The number of aromatic amines is 1. The molecule has 0 aliphatic carbocycles. The Balaban J connectivity index is 1.76. The molecular weight excluding hydrogens is 394 g/mol. The number of benzene rings is 2. The number of carbonyl (C=O) groups excluding carboxylic acids is 1. The summed E-state index contributed by atoms with van der Waals surface area (Å²) in [6.45, 7) is 0. The lowest BCUT2D eigenvalue weighted by Gasteiger charge is -2.12. The second kappa shape index (κ2) is 7.52. The van der Waals surface area contributed by atoms with Gasteiger partial charge in [0.1, 0.15) is 5.69 Å². The van der Waals surface area contributed by atoms with E-state index in [9.17, 15) is 4.79 Å². The molecule has 2 aromatic heterocycles. The molecule has 0 spiro atoms. The molecule has 0 aliphatic heterocycles. The fraction of sp³-hybridized carbons (Fsp3) is 0.143. The SMILES string of the molecule is COc1cc2cc(C(=O)Nc3ccc(Cl)c4ncccc34)[nH]c2c(OC)c1OC. The number of pyridine rings is 1. The zero-order valence-corrected chi connectivity index (χ0v) is 16.8. The molecule has 0 aliphatic rings. The predicted molar refractivity (Wildman–Crippen MR) is 113 cm³/mol. The highest BCUT2D eigenvalue weighted by molar-refractivity contribution is 6.35. The summed E-state index contributed by atoms with van der Waals surface area (Å²) in [5, 5.41) is 4.95. The Labute approximate surface area is 171 Å². The van der Waals surface area contributed by atoms with Crippen LogP contribution >= 0.6 is 11.6 Å². The van der Waals surface area contributed by atoms with Crippen molar-refractivity contribution in [2.75, 3.05) is 26.6 Å².